The molecular formula is C18H16N2O3S2. The van der Waals surface area contributed by atoms with Crippen LogP contribution < -0.4 is 4.90 Å². The maximum Gasteiger partial charge on any atom is 0.348 e. The first kappa shape index (κ1) is 17.3. The second-order valence-electron chi connectivity index (χ2n) is 5.32. The lowest BCUT2D eigenvalue weighted by Crippen LogP contribution is -2.22. The number of esters is 1. The number of amides is 1. The van der Waals surface area contributed by atoms with Crippen molar-refractivity contribution >= 4 is 45.4 Å². The fourth-order valence-corrected chi connectivity index (χ4v) is 3.95. The van der Waals surface area contributed by atoms with Gasteiger partial charge in [0, 0.05) is 12.3 Å². The number of thiazole rings is 1. The predicted molar refractivity (Wildman–Crippen MR) is 99.6 cm³/mol. The summed E-state index contributed by atoms with van der Waals surface area (Å²) >= 11 is 2.70. The molecule has 0 atom stereocenters. The lowest BCUT2D eigenvalue weighted by molar-refractivity contribution is -0.115. The molecule has 0 N–H and O–H groups in total. The molecule has 0 bridgehead atoms. The quantitative estimate of drug-likeness (QED) is 0.616. The standard InChI is InChI=1S/C18H16N2O3S2/c1-12-8-9-24-16(12)17(22)23-10-14-11-25-18(19-14)20(13(2)21)15-6-4-3-5-7-15/h3-9,11H,10H2,1-2H3. The summed E-state index contributed by atoms with van der Waals surface area (Å²) in [5.74, 6) is -0.480. The average molecular weight is 372 g/mol. The van der Waals surface area contributed by atoms with Crippen molar-refractivity contribution in [3.8, 4) is 0 Å². The highest BCUT2D eigenvalue weighted by Crippen LogP contribution is 2.29. The van der Waals surface area contributed by atoms with Gasteiger partial charge in [-0.15, -0.1) is 22.7 Å². The van der Waals surface area contributed by atoms with E-state index in [-0.39, 0.29) is 18.5 Å². The lowest BCUT2D eigenvalue weighted by Gasteiger charge is -2.17. The number of benzene rings is 1. The third kappa shape index (κ3) is 3.94. The van der Waals surface area contributed by atoms with Crippen LogP contribution in [0.1, 0.15) is 27.9 Å². The van der Waals surface area contributed by atoms with Gasteiger partial charge in [-0.05, 0) is 36.1 Å². The van der Waals surface area contributed by atoms with Crippen LogP contribution >= 0.6 is 22.7 Å². The van der Waals surface area contributed by atoms with Crippen molar-refractivity contribution in [2.75, 3.05) is 4.90 Å². The normalized spacial score (nSPS) is 10.5. The minimum Gasteiger partial charge on any atom is -0.455 e. The van der Waals surface area contributed by atoms with Crippen molar-refractivity contribution in [3.05, 3.63) is 63.3 Å². The summed E-state index contributed by atoms with van der Waals surface area (Å²) < 4.78 is 5.32. The number of rotatable bonds is 5. The Kier molecular flexibility index (Phi) is 5.25. The second kappa shape index (κ2) is 7.58. The zero-order valence-corrected chi connectivity index (χ0v) is 15.4. The summed E-state index contributed by atoms with van der Waals surface area (Å²) in [7, 11) is 0. The molecule has 3 aromatic rings. The molecule has 0 saturated carbocycles. The molecule has 0 saturated heterocycles. The van der Waals surface area contributed by atoms with E-state index in [1.165, 1.54) is 29.6 Å². The van der Waals surface area contributed by atoms with Gasteiger partial charge in [-0.1, -0.05) is 18.2 Å². The molecule has 0 radical (unpaired) electrons. The molecule has 1 amide bonds. The van der Waals surface area contributed by atoms with Crippen LogP contribution in [0.5, 0.6) is 0 Å². The molecule has 3 rings (SSSR count). The van der Waals surface area contributed by atoms with Crippen molar-refractivity contribution in [1.29, 1.82) is 0 Å². The van der Waals surface area contributed by atoms with E-state index in [1.807, 2.05) is 48.7 Å². The predicted octanol–water partition coefficient (Wildman–Crippen LogP) is 4.55. The monoisotopic (exact) mass is 372 g/mol. The number of thiophene rings is 1. The van der Waals surface area contributed by atoms with E-state index >= 15 is 0 Å². The summed E-state index contributed by atoms with van der Waals surface area (Å²) in [5, 5.41) is 4.21. The largest absolute Gasteiger partial charge is 0.455 e. The van der Waals surface area contributed by atoms with Crippen LogP contribution in [0, 0.1) is 6.92 Å². The van der Waals surface area contributed by atoms with Crippen LogP contribution in [-0.4, -0.2) is 16.9 Å². The van der Waals surface area contributed by atoms with Crippen molar-refractivity contribution in [2.24, 2.45) is 0 Å². The molecule has 0 spiro atoms. The Morgan fingerprint density at radius 2 is 1.92 bits per heavy atom. The van der Waals surface area contributed by atoms with Gasteiger partial charge in [-0.2, -0.15) is 0 Å². The van der Waals surface area contributed by atoms with Crippen LogP contribution in [-0.2, 0) is 16.1 Å². The van der Waals surface area contributed by atoms with Crippen molar-refractivity contribution in [1.82, 2.24) is 4.98 Å². The number of carbonyl (C=O) groups is 2. The maximum atomic E-state index is 12.1. The lowest BCUT2D eigenvalue weighted by atomic mass is 10.3. The summed E-state index contributed by atoms with van der Waals surface area (Å²) in [6.45, 7) is 3.44. The van der Waals surface area contributed by atoms with Gasteiger partial charge in [0.15, 0.2) is 5.13 Å². The van der Waals surface area contributed by atoms with Gasteiger partial charge in [-0.25, -0.2) is 9.78 Å². The van der Waals surface area contributed by atoms with E-state index in [0.717, 1.165) is 11.3 Å². The van der Waals surface area contributed by atoms with E-state index in [9.17, 15) is 9.59 Å². The number of ether oxygens (including phenoxy) is 1. The van der Waals surface area contributed by atoms with E-state index in [4.69, 9.17) is 4.74 Å². The van der Waals surface area contributed by atoms with Gasteiger partial charge in [0.1, 0.15) is 11.5 Å². The molecule has 0 aliphatic heterocycles. The average Bonchev–Trinajstić information content (AvgIpc) is 3.23. The third-order valence-electron chi connectivity index (χ3n) is 3.46. The molecule has 0 fully saturated rings. The van der Waals surface area contributed by atoms with Crippen molar-refractivity contribution < 1.29 is 14.3 Å². The zero-order chi connectivity index (χ0) is 17.8. The van der Waals surface area contributed by atoms with Gasteiger partial charge >= 0.3 is 5.97 Å². The molecule has 7 heteroatoms. The fourth-order valence-electron chi connectivity index (χ4n) is 2.26. The Morgan fingerprint density at radius 3 is 2.56 bits per heavy atom. The number of anilines is 2. The molecule has 2 heterocycles. The number of aromatic nitrogens is 1. The number of nitrogens with zero attached hydrogens (tertiary/aromatic N) is 2. The summed E-state index contributed by atoms with van der Waals surface area (Å²) in [5.41, 5.74) is 2.27. The van der Waals surface area contributed by atoms with E-state index in [1.54, 1.807) is 10.3 Å². The number of aryl methyl sites for hydroxylation is 1. The fraction of sp³-hybridized carbons (Fsp3) is 0.167. The Morgan fingerprint density at radius 1 is 1.16 bits per heavy atom. The Hall–Kier alpha value is -2.51. The topological polar surface area (TPSA) is 59.5 Å². The number of carbonyl (C=O) groups excluding carboxylic acids is 2. The Labute approximate surface area is 153 Å². The molecule has 2 aromatic heterocycles. The summed E-state index contributed by atoms with van der Waals surface area (Å²) in [6.07, 6.45) is 0. The van der Waals surface area contributed by atoms with Crippen molar-refractivity contribution in [2.45, 2.75) is 20.5 Å². The Balaban J connectivity index is 1.72. The molecule has 25 heavy (non-hydrogen) atoms. The van der Waals surface area contributed by atoms with E-state index < -0.39 is 0 Å². The highest BCUT2D eigenvalue weighted by Gasteiger charge is 2.18. The van der Waals surface area contributed by atoms with Crippen LogP contribution in [0.25, 0.3) is 0 Å². The molecule has 1 aromatic carbocycles. The molecule has 0 aliphatic carbocycles. The highest BCUT2D eigenvalue weighted by molar-refractivity contribution is 7.14. The Bertz CT molecular complexity index is 887. The van der Waals surface area contributed by atoms with Gasteiger partial charge < -0.3 is 4.74 Å². The highest BCUT2D eigenvalue weighted by atomic mass is 32.1. The summed E-state index contributed by atoms with van der Waals surface area (Å²) in [4.78, 5) is 30.7. The zero-order valence-electron chi connectivity index (χ0n) is 13.8. The van der Waals surface area contributed by atoms with Gasteiger partial charge in [0.2, 0.25) is 5.91 Å². The third-order valence-corrected chi connectivity index (χ3v) is 5.33. The molecule has 0 aliphatic rings. The smallest absolute Gasteiger partial charge is 0.348 e. The first-order chi connectivity index (χ1) is 12.1. The van der Waals surface area contributed by atoms with Crippen LogP contribution in [0.3, 0.4) is 0 Å². The number of para-hydroxylation sites is 1. The summed E-state index contributed by atoms with van der Waals surface area (Å²) in [6, 6.07) is 11.2. The van der Waals surface area contributed by atoms with Gasteiger partial charge in [0.05, 0.1) is 11.4 Å². The molecular weight excluding hydrogens is 356 g/mol. The van der Waals surface area contributed by atoms with E-state index in [2.05, 4.69) is 4.98 Å². The van der Waals surface area contributed by atoms with Crippen molar-refractivity contribution in [3.63, 3.8) is 0 Å². The van der Waals surface area contributed by atoms with Gasteiger partial charge in [-0.3, -0.25) is 9.69 Å². The maximum absolute atomic E-state index is 12.1. The SMILES string of the molecule is CC(=O)N(c1ccccc1)c1nc(COC(=O)c2sccc2C)cs1. The first-order valence-electron chi connectivity index (χ1n) is 7.57. The van der Waals surface area contributed by atoms with E-state index in [0.29, 0.717) is 15.7 Å². The second-order valence-corrected chi connectivity index (χ2v) is 7.07. The first-order valence-corrected chi connectivity index (χ1v) is 9.33. The van der Waals surface area contributed by atoms with Crippen LogP contribution in [0.2, 0.25) is 0 Å². The minimum absolute atomic E-state index is 0.0766. The molecule has 128 valence electrons. The number of hydrogen-bond acceptors (Lipinski definition) is 6. The minimum atomic E-state index is -0.353. The molecule has 0 unspecified atom stereocenters. The van der Waals surface area contributed by atoms with Crippen LogP contribution in [0.15, 0.2) is 47.2 Å². The molecule has 5 nitrogen and oxygen atoms in total. The van der Waals surface area contributed by atoms with Gasteiger partial charge in [0.25, 0.3) is 0 Å². The van der Waals surface area contributed by atoms with Crippen LogP contribution in [0.4, 0.5) is 10.8 Å². The number of hydrogen-bond donors (Lipinski definition) is 0.